The fourth-order valence-electron chi connectivity index (χ4n) is 2.15. The molecule has 1 aromatic heterocycles. The molecule has 2 heterocycles. The SMILES string of the molecule is CC(C)(NC(=O)COCC1CCCCO1)c1nnc(N)s1. The molecule has 1 saturated heterocycles. The van der Waals surface area contributed by atoms with E-state index in [-0.39, 0.29) is 18.6 Å². The van der Waals surface area contributed by atoms with Gasteiger partial charge in [-0.25, -0.2) is 0 Å². The molecule has 0 aromatic carbocycles. The fourth-order valence-corrected chi connectivity index (χ4v) is 2.81. The third kappa shape index (κ3) is 4.90. The van der Waals surface area contributed by atoms with Crippen molar-refractivity contribution in [2.24, 2.45) is 0 Å². The van der Waals surface area contributed by atoms with E-state index in [9.17, 15) is 4.79 Å². The highest BCUT2D eigenvalue weighted by Gasteiger charge is 2.27. The van der Waals surface area contributed by atoms with Crippen LogP contribution in [0.1, 0.15) is 38.1 Å². The van der Waals surface area contributed by atoms with Crippen LogP contribution in [0, 0.1) is 0 Å². The van der Waals surface area contributed by atoms with Gasteiger partial charge in [-0.2, -0.15) is 0 Å². The molecule has 8 heteroatoms. The number of hydrogen-bond acceptors (Lipinski definition) is 7. The van der Waals surface area contributed by atoms with Crippen LogP contribution in [-0.2, 0) is 19.8 Å². The molecular formula is C13H22N4O3S. The topological polar surface area (TPSA) is 99.4 Å². The highest BCUT2D eigenvalue weighted by atomic mass is 32.1. The van der Waals surface area contributed by atoms with Crippen molar-refractivity contribution >= 4 is 22.4 Å². The summed E-state index contributed by atoms with van der Waals surface area (Å²) in [6.45, 7) is 4.97. The second-order valence-corrected chi connectivity index (χ2v) is 6.63. The minimum atomic E-state index is -0.614. The minimum absolute atomic E-state index is 0.0115. The predicted octanol–water partition coefficient (Wildman–Crippen LogP) is 1.06. The van der Waals surface area contributed by atoms with Gasteiger partial charge >= 0.3 is 0 Å². The maximum atomic E-state index is 11.9. The largest absolute Gasteiger partial charge is 0.376 e. The molecule has 7 nitrogen and oxygen atoms in total. The Morgan fingerprint density at radius 1 is 1.52 bits per heavy atom. The van der Waals surface area contributed by atoms with E-state index in [1.807, 2.05) is 13.8 Å². The summed E-state index contributed by atoms with van der Waals surface area (Å²) < 4.78 is 11.0. The first-order valence-electron chi connectivity index (χ1n) is 7.07. The normalized spacial score (nSPS) is 19.4. The number of ether oxygens (including phenoxy) is 2. The second-order valence-electron chi connectivity index (χ2n) is 5.62. The molecule has 3 N–H and O–H groups in total. The molecule has 0 saturated carbocycles. The van der Waals surface area contributed by atoms with E-state index in [0.717, 1.165) is 25.9 Å². The van der Waals surface area contributed by atoms with Crippen molar-refractivity contribution in [3.8, 4) is 0 Å². The molecule has 2 rings (SSSR count). The van der Waals surface area contributed by atoms with E-state index in [0.29, 0.717) is 16.7 Å². The van der Waals surface area contributed by atoms with Gasteiger partial charge in [0.2, 0.25) is 11.0 Å². The number of nitrogens with two attached hydrogens (primary N) is 1. The quantitative estimate of drug-likeness (QED) is 0.814. The van der Waals surface area contributed by atoms with E-state index in [2.05, 4.69) is 15.5 Å². The van der Waals surface area contributed by atoms with Crippen molar-refractivity contribution in [1.29, 1.82) is 0 Å². The van der Waals surface area contributed by atoms with Gasteiger partial charge in [-0.3, -0.25) is 4.79 Å². The molecule has 0 bridgehead atoms. The Bertz CT molecular complexity index is 472. The van der Waals surface area contributed by atoms with Crippen LogP contribution < -0.4 is 11.1 Å². The maximum absolute atomic E-state index is 11.9. The molecular weight excluding hydrogens is 292 g/mol. The van der Waals surface area contributed by atoms with Crippen molar-refractivity contribution in [1.82, 2.24) is 15.5 Å². The van der Waals surface area contributed by atoms with Crippen LogP contribution in [0.3, 0.4) is 0 Å². The van der Waals surface area contributed by atoms with E-state index in [1.165, 1.54) is 11.3 Å². The molecule has 0 spiro atoms. The Labute approximate surface area is 128 Å². The van der Waals surface area contributed by atoms with Gasteiger partial charge in [0.05, 0.1) is 18.2 Å². The van der Waals surface area contributed by atoms with Crippen LogP contribution in [0.2, 0.25) is 0 Å². The van der Waals surface area contributed by atoms with Gasteiger partial charge in [-0.15, -0.1) is 10.2 Å². The number of carbonyl (C=O) groups excluding carboxylic acids is 1. The molecule has 21 heavy (non-hydrogen) atoms. The smallest absolute Gasteiger partial charge is 0.246 e. The zero-order chi connectivity index (χ0) is 15.3. The van der Waals surface area contributed by atoms with E-state index < -0.39 is 5.54 Å². The van der Waals surface area contributed by atoms with Crippen molar-refractivity contribution in [2.45, 2.75) is 44.8 Å². The average Bonchev–Trinajstić information content (AvgIpc) is 2.87. The number of nitrogens with one attached hydrogen (secondary N) is 1. The Morgan fingerprint density at radius 3 is 2.95 bits per heavy atom. The summed E-state index contributed by atoms with van der Waals surface area (Å²) in [6, 6.07) is 0. The molecule has 1 aliphatic rings. The predicted molar refractivity (Wildman–Crippen MR) is 79.9 cm³/mol. The van der Waals surface area contributed by atoms with E-state index in [1.54, 1.807) is 0 Å². The van der Waals surface area contributed by atoms with Crippen LogP contribution in [0.15, 0.2) is 0 Å². The minimum Gasteiger partial charge on any atom is -0.376 e. The summed E-state index contributed by atoms with van der Waals surface area (Å²) >= 11 is 1.26. The molecule has 118 valence electrons. The Hall–Kier alpha value is -1.25. The molecule has 0 radical (unpaired) electrons. The standard InChI is InChI=1S/C13H22N4O3S/c1-13(2,11-16-17-12(14)21-11)15-10(18)8-19-7-9-5-3-4-6-20-9/h9H,3-8H2,1-2H3,(H2,14,17)(H,15,18). The number of rotatable bonds is 6. The van der Waals surface area contributed by atoms with Crippen LogP contribution >= 0.6 is 11.3 Å². The van der Waals surface area contributed by atoms with Gasteiger partial charge in [0.25, 0.3) is 0 Å². The van der Waals surface area contributed by atoms with Gasteiger partial charge in [0.1, 0.15) is 11.6 Å². The summed E-state index contributed by atoms with van der Waals surface area (Å²) in [5.74, 6) is -0.190. The number of anilines is 1. The Morgan fingerprint density at radius 2 is 2.33 bits per heavy atom. The monoisotopic (exact) mass is 314 g/mol. The van der Waals surface area contributed by atoms with Gasteiger partial charge in [0.15, 0.2) is 0 Å². The summed E-state index contributed by atoms with van der Waals surface area (Å²) in [4.78, 5) is 11.9. The van der Waals surface area contributed by atoms with E-state index in [4.69, 9.17) is 15.2 Å². The van der Waals surface area contributed by atoms with Crippen molar-refractivity contribution in [3.05, 3.63) is 5.01 Å². The molecule has 1 fully saturated rings. The molecule has 1 aliphatic heterocycles. The third-order valence-corrected chi connectivity index (χ3v) is 4.31. The Kier molecular flexibility index (Phi) is 5.49. The third-order valence-electron chi connectivity index (χ3n) is 3.24. The van der Waals surface area contributed by atoms with Crippen LogP contribution in [0.25, 0.3) is 0 Å². The van der Waals surface area contributed by atoms with Crippen LogP contribution in [0.5, 0.6) is 0 Å². The number of aromatic nitrogens is 2. The first-order chi connectivity index (χ1) is 9.97. The summed E-state index contributed by atoms with van der Waals surface area (Å²) in [5, 5.41) is 11.7. The van der Waals surface area contributed by atoms with Crippen molar-refractivity contribution in [2.75, 3.05) is 25.6 Å². The Balaban J connectivity index is 1.73. The number of carbonyl (C=O) groups is 1. The molecule has 1 atom stereocenters. The first-order valence-corrected chi connectivity index (χ1v) is 7.89. The van der Waals surface area contributed by atoms with Crippen molar-refractivity contribution in [3.63, 3.8) is 0 Å². The van der Waals surface area contributed by atoms with Gasteiger partial charge in [-0.05, 0) is 33.1 Å². The summed E-state index contributed by atoms with van der Waals surface area (Å²) in [7, 11) is 0. The van der Waals surface area contributed by atoms with Gasteiger partial charge < -0.3 is 20.5 Å². The zero-order valence-corrected chi connectivity index (χ0v) is 13.2. The lowest BCUT2D eigenvalue weighted by molar-refractivity contribution is -0.129. The second kappa shape index (κ2) is 7.15. The molecule has 1 unspecified atom stereocenters. The lowest BCUT2D eigenvalue weighted by Gasteiger charge is -2.24. The highest BCUT2D eigenvalue weighted by Crippen LogP contribution is 2.24. The lowest BCUT2D eigenvalue weighted by Crippen LogP contribution is -2.43. The first kappa shape index (κ1) is 16.1. The van der Waals surface area contributed by atoms with Gasteiger partial charge in [0, 0.05) is 6.61 Å². The zero-order valence-electron chi connectivity index (χ0n) is 12.4. The maximum Gasteiger partial charge on any atom is 0.246 e. The number of hydrogen-bond donors (Lipinski definition) is 2. The number of nitrogen functional groups attached to an aromatic ring is 1. The fraction of sp³-hybridized carbons (Fsp3) is 0.769. The van der Waals surface area contributed by atoms with Crippen molar-refractivity contribution < 1.29 is 14.3 Å². The molecule has 1 aromatic rings. The average molecular weight is 314 g/mol. The van der Waals surface area contributed by atoms with Crippen LogP contribution in [0.4, 0.5) is 5.13 Å². The lowest BCUT2D eigenvalue weighted by atomic mass is 10.1. The van der Waals surface area contributed by atoms with Gasteiger partial charge in [-0.1, -0.05) is 11.3 Å². The number of amides is 1. The van der Waals surface area contributed by atoms with E-state index >= 15 is 0 Å². The molecule has 0 aliphatic carbocycles. The van der Waals surface area contributed by atoms with Crippen LogP contribution in [-0.4, -0.2) is 42.0 Å². The highest BCUT2D eigenvalue weighted by molar-refractivity contribution is 7.15. The molecule has 1 amide bonds. The summed E-state index contributed by atoms with van der Waals surface area (Å²) in [6.07, 6.45) is 3.38. The summed E-state index contributed by atoms with van der Waals surface area (Å²) in [5.41, 5.74) is 4.95. The number of nitrogens with zero attached hydrogens (tertiary/aromatic N) is 2.